The average Bonchev–Trinajstić information content (AvgIpc) is 2.63. The number of rotatable bonds is 8. The lowest BCUT2D eigenvalue weighted by molar-refractivity contribution is -0.153. The molecular weight excluding hydrogens is 332 g/mol. The number of benzene rings is 1. The third-order valence-electron chi connectivity index (χ3n) is 4.83. The van der Waals surface area contributed by atoms with Crippen LogP contribution in [0.15, 0.2) is 24.3 Å². The molecule has 1 aliphatic carbocycles. The van der Waals surface area contributed by atoms with Gasteiger partial charge >= 0.3 is 5.97 Å². The van der Waals surface area contributed by atoms with Gasteiger partial charge in [-0.25, -0.2) is 0 Å². The van der Waals surface area contributed by atoms with Crippen molar-refractivity contribution in [3.8, 4) is 0 Å². The zero-order chi connectivity index (χ0) is 18.9. The predicted octanol–water partition coefficient (Wildman–Crippen LogP) is 3.41. The van der Waals surface area contributed by atoms with Crippen LogP contribution < -0.4 is 11.1 Å². The third kappa shape index (κ3) is 6.50. The van der Waals surface area contributed by atoms with E-state index in [-0.39, 0.29) is 5.97 Å². The molecule has 0 spiro atoms. The summed E-state index contributed by atoms with van der Waals surface area (Å²) < 4.78 is 5.21. The Balaban J connectivity index is 1.69. The highest BCUT2D eigenvalue weighted by atomic mass is 16.5. The van der Waals surface area contributed by atoms with Crippen molar-refractivity contribution in [2.24, 2.45) is 11.7 Å². The SMILES string of the molecule is CC(OC(=O)CCCC1CCCCC1)C(=O)Nc1ccc(C(N)=O)cc1. The van der Waals surface area contributed by atoms with Crippen LogP contribution in [-0.4, -0.2) is 23.9 Å². The Morgan fingerprint density at radius 2 is 1.81 bits per heavy atom. The third-order valence-corrected chi connectivity index (χ3v) is 4.83. The van der Waals surface area contributed by atoms with Crippen LogP contribution >= 0.6 is 0 Å². The Labute approximate surface area is 154 Å². The molecule has 3 N–H and O–H groups in total. The number of nitrogens with two attached hydrogens (primary N) is 1. The van der Waals surface area contributed by atoms with Crippen LogP contribution in [0.2, 0.25) is 0 Å². The summed E-state index contributed by atoms with van der Waals surface area (Å²) in [5.74, 6) is -0.538. The molecular formula is C20H28N2O4. The maximum absolute atomic E-state index is 12.1. The van der Waals surface area contributed by atoms with Gasteiger partial charge in [0.25, 0.3) is 5.91 Å². The summed E-state index contributed by atoms with van der Waals surface area (Å²) in [6.07, 6.45) is 7.81. The topological polar surface area (TPSA) is 98.5 Å². The first-order valence-electron chi connectivity index (χ1n) is 9.36. The number of nitrogens with one attached hydrogen (secondary N) is 1. The minimum atomic E-state index is -0.868. The van der Waals surface area contributed by atoms with E-state index in [1.165, 1.54) is 44.2 Å². The summed E-state index contributed by atoms with van der Waals surface area (Å²) >= 11 is 0. The molecule has 1 aromatic rings. The largest absolute Gasteiger partial charge is 0.453 e. The van der Waals surface area contributed by atoms with Gasteiger partial charge in [0.05, 0.1) is 0 Å². The number of ether oxygens (including phenoxy) is 1. The smallest absolute Gasteiger partial charge is 0.306 e. The summed E-state index contributed by atoms with van der Waals surface area (Å²) in [6.45, 7) is 1.55. The fourth-order valence-corrected chi connectivity index (χ4v) is 3.28. The zero-order valence-corrected chi connectivity index (χ0v) is 15.3. The lowest BCUT2D eigenvalue weighted by Crippen LogP contribution is -2.30. The summed E-state index contributed by atoms with van der Waals surface area (Å²) in [5.41, 5.74) is 6.05. The van der Waals surface area contributed by atoms with Gasteiger partial charge in [-0.05, 0) is 49.9 Å². The van der Waals surface area contributed by atoms with Gasteiger partial charge in [0.15, 0.2) is 6.10 Å². The van der Waals surface area contributed by atoms with Crippen LogP contribution in [0.25, 0.3) is 0 Å². The second-order valence-corrected chi connectivity index (χ2v) is 6.96. The molecule has 0 heterocycles. The van der Waals surface area contributed by atoms with E-state index in [0.29, 0.717) is 17.7 Å². The number of hydrogen-bond acceptors (Lipinski definition) is 4. The van der Waals surface area contributed by atoms with E-state index < -0.39 is 17.9 Å². The molecule has 1 atom stereocenters. The number of hydrogen-bond donors (Lipinski definition) is 2. The van der Waals surface area contributed by atoms with Gasteiger partial charge in [0, 0.05) is 17.7 Å². The molecule has 0 aromatic heterocycles. The fourth-order valence-electron chi connectivity index (χ4n) is 3.28. The number of carbonyl (C=O) groups excluding carboxylic acids is 3. The highest BCUT2D eigenvalue weighted by Crippen LogP contribution is 2.27. The Kier molecular flexibility index (Phi) is 7.63. The van der Waals surface area contributed by atoms with Crippen molar-refractivity contribution >= 4 is 23.5 Å². The van der Waals surface area contributed by atoms with Crippen LogP contribution in [0.1, 0.15) is 68.6 Å². The van der Waals surface area contributed by atoms with Crippen molar-refractivity contribution in [2.75, 3.05) is 5.32 Å². The van der Waals surface area contributed by atoms with Crippen molar-refractivity contribution in [3.63, 3.8) is 0 Å². The highest BCUT2D eigenvalue weighted by molar-refractivity contribution is 5.96. The van der Waals surface area contributed by atoms with Gasteiger partial charge in [-0.1, -0.05) is 32.1 Å². The molecule has 2 amide bonds. The molecule has 26 heavy (non-hydrogen) atoms. The minimum Gasteiger partial charge on any atom is -0.453 e. The van der Waals surface area contributed by atoms with Crippen molar-refractivity contribution in [1.29, 1.82) is 0 Å². The number of amides is 2. The van der Waals surface area contributed by atoms with Crippen LogP contribution in [-0.2, 0) is 14.3 Å². The van der Waals surface area contributed by atoms with E-state index in [1.54, 1.807) is 19.1 Å². The molecule has 6 heteroatoms. The number of primary amides is 1. The first kappa shape index (κ1) is 19.9. The van der Waals surface area contributed by atoms with E-state index in [1.807, 2.05) is 0 Å². The number of anilines is 1. The lowest BCUT2D eigenvalue weighted by atomic mass is 9.86. The van der Waals surface area contributed by atoms with Gasteiger partial charge in [-0.3, -0.25) is 14.4 Å². The molecule has 0 bridgehead atoms. The van der Waals surface area contributed by atoms with Gasteiger partial charge in [0.1, 0.15) is 0 Å². The van der Waals surface area contributed by atoms with Crippen LogP contribution in [0.5, 0.6) is 0 Å². The predicted molar refractivity (Wildman–Crippen MR) is 99.6 cm³/mol. The standard InChI is InChI=1S/C20H28N2O4/c1-14(20(25)22-17-12-10-16(11-13-17)19(21)24)26-18(23)9-5-8-15-6-3-2-4-7-15/h10-15H,2-9H2,1H3,(H2,21,24)(H,22,25). The highest BCUT2D eigenvalue weighted by Gasteiger charge is 2.19. The van der Waals surface area contributed by atoms with Gasteiger partial charge in [-0.2, -0.15) is 0 Å². The second-order valence-electron chi connectivity index (χ2n) is 6.96. The van der Waals surface area contributed by atoms with Crippen molar-refractivity contribution in [1.82, 2.24) is 0 Å². The van der Waals surface area contributed by atoms with Gasteiger partial charge in [-0.15, -0.1) is 0 Å². The zero-order valence-electron chi connectivity index (χ0n) is 15.3. The summed E-state index contributed by atoms with van der Waals surface area (Å²) in [5, 5.41) is 2.65. The molecule has 1 unspecified atom stereocenters. The molecule has 1 aliphatic rings. The monoisotopic (exact) mass is 360 g/mol. The first-order valence-corrected chi connectivity index (χ1v) is 9.36. The molecule has 1 saturated carbocycles. The van der Waals surface area contributed by atoms with E-state index >= 15 is 0 Å². The van der Waals surface area contributed by atoms with Crippen LogP contribution in [0.4, 0.5) is 5.69 Å². The quantitative estimate of drug-likeness (QED) is 0.694. The van der Waals surface area contributed by atoms with E-state index in [0.717, 1.165) is 18.8 Å². The van der Waals surface area contributed by atoms with Crippen LogP contribution in [0.3, 0.4) is 0 Å². The van der Waals surface area contributed by atoms with Crippen LogP contribution in [0, 0.1) is 5.92 Å². The Hall–Kier alpha value is -2.37. The molecule has 2 rings (SSSR count). The molecule has 0 saturated heterocycles. The van der Waals surface area contributed by atoms with Gasteiger partial charge < -0.3 is 15.8 Å². The van der Waals surface area contributed by atoms with E-state index in [9.17, 15) is 14.4 Å². The molecule has 0 radical (unpaired) electrons. The molecule has 1 fully saturated rings. The van der Waals surface area contributed by atoms with E-state index in [4.69, 9.17) is 10.5 Å². The summed E-state index contributed by atoms with van der Waals surface area (Å²) in [7, 11) is 0. The molecule has 0 aliphatic heterocycles. The minimum absolute atomic E-state index is 0.340. The van der Waals surface area contributed by atoms with E-state index in [2.05, 4.69) is 5.32 Å². The first-order chi connectivity index (χ1) is 12.5. The maximum atomic E-state index is 12.1. The normalized spacial score (nSPS) is 15.9. The Morgan fingerprint density at radius 1 is 1.15 bits per heavy atom. The molecule has 1 aromatic carbocycles. The van der Waals surface area contributed by atoms with Crippen molar-refractivity contribution in [2.45, 2.75) is 64.4 Å². The lowest BCUT2D eigenvalue weighted by Gasteiger charge is -2.21. The number of esters is 1. The molecule has 6 nitrogen and oxygen atoms in total. The fraction of sp³-hybridized carbons (Fsp3) is 0.550. The summed E-state index contributed by atoms with van der Waals surface area (Å²) in [6, 6.07) is 6.22. The molecule has 142 valence electrons. The number of carbonyl (C=O) groups is 3. The maximum Gasteiger partial charge on any atom is 0.306 e. The second kappa shape index (κ2) is 9.94. The Bertz CT molecular complexity index is 621. The van der Waals surface area contributed by atoms with Gasteiger partial charge in [0.2, 0.25) is 5.91 Å². The average molecular weight is 360 g/mol. The summed E-state index contributed by atoms with van der Waals surface area (Å²) in [4.78, 5) is 35.1. The Morgan fingerprint density at radius 3 is 2.42 bits per heavy atom. The van der Waals surface area contributed by atoms with Crippen molar-refractivity contribution in [3.05, 3.63) is 29.8 Å². The van der Waals surface area contributed by atoms with Crippen molar-refractivity contribution < 1.29 is 19.1 Å².